The van der Waals surface area contributed by atoms with Gasteiger partial charge in [-0.15, -0.1) is 23.7 Å². The molecule has 0 saturated heterocycles. The molecular weight excluding hydrogens is 348 g/mol. The molecule has 0 spiro atoms. The number of carbonyl (C=O) groups excluding carboxylic acids is 2. The summed E-state index contributed by atoms with van der Waals surface area (Å²) in [5.74, 6) is -0.630. The summed E-state index contributed by atoms with van der Waals surface area (Å²) in [4.78, 5) is 28.2. The fourth-order valence-electron chi connectivity index (χ4n) is 2.10. The summed E-state index contributed by atoms with van der Waals surface area (Å²) >= 11 is 1.39. The van der Waals surface area contributed by atoms with Gasteiger partial charge in [0.25, 0.3) is 5.91 Å². The summed E-state index contributed by atoms with van der Waals surface area (Å²) in [5.41, 5.74) is 8.52. The van der Waals surface area contributed by atoms with E-state index in [4.69, 9.17) is 5.73 Å². The van der Waals surface area contributed by atoms with Gasteiger partial charge < -0.3 is 16.4 Å². The monoisotopic (exact) mass is 368 g/mol. The molecule has 1 aromatic carbocycles. The zero-order valence-corrected chi connectivity index (χ0v) is 15.2. The molecule has 0 atom stereocenters. The highest BCUT2D eigenvalue weighted by molar-refractivity contribution is 7.09. The number of carbonyl (C=O) groups is 2. The summed E-state index contributed by atoms with van der Waals surface area (Å²) in [6.07, 6.45) is 0.644. The minimum Gasteiger partial charge on any atom is -0.342 e. The van der Waals surface area contributed by atoms with E-state index in [1.165, 1.54) is 11.3 Å². The Kier molecular flexibility index (Phi) is 7.84. The standard InChI is InChI=1S/C16H20N4O2S.ClH/c1-10-4-3-5-11(2)15(10)20-13(21)8-18-16(22)12-9-23-14(19-12)6-7-17;/h3-5,9H,6-8,17H2,1-2H3,(H,18,22)(H,20,21);1H. The molecule has 0 unspecified atom stereocenters. The molecule has 130 valence electrons. The molecule has 2 amide bonds. The first-order valence-corrected chi connectivity index (χ1v) is 8.18. The van der Waals surface area contributed by atoms with Crippen LogP contribution in [0.15, 0.2) is 23.6 Å². The highest BCUT2D eigenvalue weighted by Crippen LogP contribution is 2.19. The van der Waals surface area contributed by atoms with Crippen LogP contribution < -0.4 is 16.4 Å². The normalized spacial score (nSPS) is 9.96. The highest BCUT2D eigenvalue weighted by atomic mass is 35.5. The molecule has 2 aromatic rings. The number of rotatable bonds is 6. The number of para-hydroxylation sites is 1. The Morgan fingerprint density at radius 1 is 1.25 bits per heavy atom. The van der Waals surface area contributed by atoms with Gasteiger partial charge in [-0.05, 0) is 31.5 Å². The quantitative estimate of drug-likeness (QED) is 0.726. The van der Waals surface area contributed by atoms with Gasteiger partial charge in [0.2, 0.25) is 5.91 Å². The Balaban J connectivity index is 0.00000288. The fourth-order valence-corrected chi connectivity index (χ4v) is 2.89. The van der Waals surface area contributed by atoms with Gasteiger partial charge in [0.05, 0.1) is 11.6 Å². The Hall–Kier alpha value is -1.96. The average Bonchev–Trinajstić information content (AvgIpc) is 2.98. The number of benzene rings is 1. The number of nitrogens with two attached hydrogens (primary N) is 1. The minimum absolute atomic E-state index is 0. The van der Waals surface area contributed by atoms with Crippen molar-refractivity contribution < 1.29 is 9.59 Å². The second-order valence-electron chi connectivity index (χ2n) is 5.16. The van der Waals surface area contributed by atoms with E-state index in [2.05, 4.69) is 15.6 Å². The van der Waals surface area contributed by atoms with Crippen LogP contribution in [0.2, 0.25) is 0 Å². The maximum atomic E-state index is 12.0. The van der Waals surface area contributed by atoms with Crippen LogP contribution in [0.4, 0.5) is 5.69 Å². The number of aryl methyl sites for hydroxylation is 2. The van der Waals surface area contributed by atoms with E-state index in [1.54, 1.807) is 5.38 Å². The average molecular weight is 369 g/mol. The number of nitrogens with zero attached hydrogens (tertiary/aromatic N) is 1. The lowest BCUT2D eigenvalue weighted by molar-refractivity contribution is -0.115. The van der Waals surface area contributed by atoms with Gasteiger partial charge in [-0.3, -0.25) is 9.59 Å². The number of thiazole rings is 1. The molecular formula is C16H21ClN4O2S. The summed E-state index contributed by atoms with van der Waals surface area (Å²) in [6.45, 7) is 4.24. The van der Waals surface area contributed by atoms with Crippen LogP contribution in [0.1, 0.15) is 26.6 Å². The van der Waals surface area contributed by atoms with Crippen molar-refractivity contribution in [3.05, 3.63) is 45.4 Å². The first-order chi connectivity index (χ1) is 11.0. The Bertz CT molecular complexity index is 698. The predicted octanol–water partition coefficient (Wildman–Crippen LogP) is 2.05. The molecule has 4 N–H and O–H groups in total. The van der Waals surface area contributed by atoms with Crippen molar-refractivity contribution in [2.24, 2.45) is 5.73 Å². The summed E-state index contributed by atoms with van der Waals surface area (Å²) < 4.78 is 0. The van der Waals surface area contributed by atoms with Crippen LogP contribution in [0.25, 0.3) is 0 Å². The largest absolute Gasteiger partial charge is 0.342 e. The number of hydrogen-bond acceptors (Lipinski definition) is 5. The number of amides is 2. The zero-order valence-electron chi connectivity index (χ0n) is 13.6. The third kappa shape index (κ3) is 5.30. The number of anilines is 1. The number of halogens is 1. The molecule has 0 aliphatic rings. The molecule has 0 bridgehead atoms. The number of nitrogens with one attached hydrogen (secondary N) is 2. The van der Waals surface area contributed by atoms with Crippen molar-refractivity contribution in [1.29, 1.82) is 0 Å². The second kappa shape index (κ2) is 9.36. The molecule has 0 aliphatic heterocycles. The van der Waals surface area contributed by atoms with Gasteiger partial charge in [-0.1, -0.05) is 18.2 Å². The van der Waals surface area contributed by atoms with Crippen molar-refractivity contribution in [2.75, 3.05) is 18.4 Å². The molecule has 24 heavy (non-hydrogen) atoms. The van der Waals surface area contributed by atoms with Crippen LogP contribution in [0.5, 0.6) is 0 Å². The lowest BCUT2D eigenvalue weighted by atomic mass is 10.1. The van der Waals surface area contributed by atoms with Gasteiger partial charge >= 0.3 is 0 Å². The van der Waals surface area contributed by atoms with Crippen LogP contribution in [0, 0.1) is 13.8 Å². The fraction of sp³-hybridized carbons (Fsp3) is 0.312. The lowest BCUT2D eigenvalue weighted by Gasteiger charge is -2.11. The molecule has 2 rings (SSSR count). The zero-order chi connectivity index (χ0) is 16.8. The predicted molar refractivity (Wildman–Crippen MR) is 99.0 cm³/mol. The van der Waals surface area contributed by atoms with Crippen molar-refractivity contribution in [1.82, 2.24) is 10.3 Å². The van der Waals surface area contributed by atoms with Crippen molar-refractivity contribution in [3.63, 3.8) is 0 Å². The summed E-state index contributed by atoms with van der Waals surface area (Å²) in [7, 11) is 0. The molecule has 0 fully saturated rings. The van der Waals surface area contributed by atoms with Crippen molar-refractivity contribution in [2.45, 2.75) is 20.3 Å². The minimum atomic E-state index is -0.360. The van der Waals surface area contributed by atoms with Crippen LogP contribution in [-0.4, -0.2) is 29.9 Å². The molecule has 6 nitrogen and oxygen atoms in total. The Morgan fingerprint density at radius 3 is 2.54 bits per heavy atom. The van der Waals surface area contributed by atoms with Crippen molar-refractivity contribution >= 4 is 41.2 Å². The maximum absolute atomic E-state index is 12.0. The molecule has 0 aliphatic carbocycles. The van der Waals surface area contributed by atoms with Gasteiger partial charge in [0.15, 0.2) is 0 Å². The molecule has 8 heteroatoms. The SMILES string of the molecule is Cc1cccc(C)c1NC(=O)CNC(=O)c1csc(CCN)n1.Cl. The first kappa shape index (κ1) is 20.1. The van der Waals surface area contributed by atoms with Crippen LogP contribution in [-0.2, 0) is 11.2 Å². The summed E-state index contributed by atoms with van der Waals surface area (Å²) in [6, 6.07) is 5.79. The molecule has 0 saturated carbocycles. The number of aromatic nitrogens is 1. The third-order valence-electron chi connectivity index (χ3n) is 3.30. The van der Waals surface area contributed by atoms with Gasteiger partial charge in [-0.2, -0.15) is 0 Å². The topological polar surface area (TPSA) is 97.1 Å². The van der Waals surface area contributed by atoms with Gasteiger partial charge in [-0.25, -0.2) is 4.98 Å². The first-order valence-electron chi connectivity index (χ1n) is 7.30. The maximum Gasteiger partial charge on any atom is 0.271 e. The highest BCUT2D eigenvalue weighted by Gasteiger charge is 2.13. The molecule has 1 heterocycles. The second-order valence-corrected chi connectivity index (χ2v) is 6.11. The van der Waals surface area contributed by atoms with E-state index < -0.39 is 0 Å². The lowest BCUT2D eigenvalue weighted by Crippen LogP contribution is -2.33. The van der Waals surface area contributed by atoms with E-state index in [0.717, 1.165) is 21.8 Å². The van der Waals surface area contributed by atoms with Gasteiger partial charge in [0.1, 0.15) is 5.69 Å². The molecule has 0 radical (unpaired) electrons. The summed E-state index contributed by atoms with van der Waals surface area (Å²) in [5, 5.41) is 7.89. The van der Waals surface area contributed by atoms with Gasteiger partial charge in [0, 0.05) is 17.5 Å². The van der Waals surface area contributed by atoms with E-state index in [1.807, 2.05) is 32.0 Å². The number of hydrogen-bond donors (Lipinski definition) is 3. The van der Waals surface area contributed by atoms with Crippen molar-refractivity contribution in [3.8, 4) is 0 Å². The Morgan fingerprint density at radius 2 is 1.92 bits per heavy atom. The van der Waals surface area contributed by atoms with E-state index >= 15 is 0 Å². The van der Waals surface area contributed by atoms with Crippen LogP contribution in [0.3, 0.4) is 0 Å². The Labute approximate surface area is 151 Å². The van der Waals surface area contributed by atoms with E-state index in [-0.39, 0.29) is 30.8 Å². The van der Waals surface area contributed by atoms with E-state index in [9.17, 15) is 9.59 Å². The third-order valence-corrected chi connectivity index (χ3v) is 4.21. The van der Waals surface area contributed by atoms with Crippen LogP contribution >= 0.6 is 23.7 Å². The molecule has 1 aromatic heterocycles. The van der Waals surface area contributed by atoms with E-state index in [0.29, 0.717) is 18.7 Å². The smallest absolute Gasteiger partial charge is 0.271 e.